The quantitative estimate of drug-likeness (QED) is 0.282. The first-order valence-electron chi connectivity index (χ1n) is 17.0. The first kappa shape index (κ1) is 33.1. The van der Waals surface area contributed by atoms with Gasteiger partial charge in [-0.25, -0.2) is 23.8 Å². The second kappa shape index (κ2) is 14.2. The maximum Gasteiger partial charge on any atom is 0.247 e. The fourth-order valence-corrected chi connectivity index (χ4v) is 7.41. The lowest BCUT2D eigenvalue weighted by Gasteiger charge is -2.46. The SMILES string of the molecule is C=CC(=O)Nc1cc(Nc2cc(N3OCCC3c3cc(F)cc(F)c3)ncn2)c(OC)nc1N1CCC(N2CCN(C3CC3)C(C)C2)CC1. The summed E-state index contributed by atoms with van der Waals surface area (Å²) in [6, 6.07) is 8.33. The standard InChI is InChI=1S/C35H43F2N9O3/c1-4-33(47)41-28-18-29(40-31-19-32(39-21-38-31)46-30(9-14-49-46)23-15-24(36)17-25(37)16-23)35(48-3)42-34(28)43-10-7-26(8-11-43)44-12-13-45(22(2)20-44)27-5-6-27/h4,15-19,21-22,26-27,30H,1,5-14,20H2,2-3H3,(H,41,47)(H,38,39,40). The highest BCUT2D eigenvalue weighted by atomic mass is 19.1. The van der Waals surface area contributed by atoms with Crippen molar-refractivity contribution in [2.24, 2.45) is 0 Å². The number of carbonyl (C=O) groups is 1. The zero-order valence-corrected chi connectivity index (χ0v) is 27.9. The van der Waals surface area contributed by atoms with Gasteiger partial charge >= 0.3 is 0 Å². The summed E-state index contributed by atoms with van der Waals surface area (Å²) in [5.74, 6) is 0.0827. The van der Waals surface area contributed by atoms with E-state index in [1.54, 1.807) is 19.2 Å². The van der Waals surface area contributed by atoms with Gasteiger partial charge in [-0.3, -0.25) is 19.4 Å². The molecule has 49 heavy (non-hydrogen) atoms. The van der Waals surface area contributed by atoms with E-state index in [-0.39, 0.29) is 5.91 Å². The molecule has 4 fully saturated rings. The summed E-state index contributed by atoms with van der Waals surface area (Å²) in [4.78, 5) is 39.5. The average Bonchev–Trinajstić information content (AvgIpc) is 3.82. The Hall–Kier alpha value is -4.40. The van der Waals surface area contributed by atoms with Crippen molar-refractivity contribution in [1.29, 1.82) is 0 Å². The van der Waals surface area contributed by atoms with Gasteiger partial charge < -0.3 is 20.3 Å². The van der Waals surface area contributed by atoms with E-state index in [9.17, 15) is 13.6 Å². The highest BCUT2D eigenvalue weighted by molar-refractivity contribution is 6.01. The number of hydroxylamine groups is 1. The molecule has 3 aliphatic heterocycles. The highest BCUT2D eigenvalue weighted by Crippen LogP contribution is 2.39. The number of benzene rings is 1. The molecule has 3 saturated heterocycles. The summed E-state index contributed by atoms with van der Waals surface area (Å²) in [7, 11) is 1.54. The van der Waals surface area contributed by atoms with Gasteiger partial charge in [-0.1, -0.05) is 6.58 Å². The van der Waals surface area contributed by atoms with E-state index in [4.69, 9.17) is 14.6 Å². The van der Waals surface area contributed by atoms with Crippen molar-refractivity contribution < 1.29 is 23.1 Å². The minimum Gasteiger partial charge on any atom is -0.479 e. The van der Waals surface area contributed by atoms with Crippen molar-refractivity contribution in [3.05, 3.63) is 66.5 Å². The van der Waals surface area contributed by atoms with Crippen LogP contribution in [-0.2, 0) is 9.63 Å². The number of pyridine rings is 1. The lowest BCUT2D eigenvalue weighted by Crippen LogP contribution is -2.57. The van der Waals surface area contributed by atoms with Crippen LogP contribution in [0.1, 0.15) is 50.6 Å². The summed E-state index contributed by atoms with van der Waals surface area (Å²) >= 11 is 0. The minimum absolute atomic E-state index is 0.324. The van der Waals surface area contributed by atoms with E-state index in [1.165, 1.54) is 42.4 Å². The Morgan fingerprint density at radius 1 is 0.980 bits per heavy atom. The normalized spacial score (nSPS) is 22.3. The third-order valence-corrected chi connectivity index (χ3v) is 9.93. The topological polar surface area (TPSA) is 111 Å². The first-order chi connectivity index (χ1) is 23.8. The fourth-order valence-electron chi connectivity index (χ4n) is 7.41. The smallest absolute Gasteiger partial charge is 0.247 e. The third kappa shape index (κ3) is 7.31. The molecule has 1 aliphatic carbocycles. The second-order valence-corrected chi connectivity index (χ2v) is 13.2. The molecule has 260 valence electrons. The number of rotatable bonds is 10. The maximum atomic E-state index is 14.0. The molecule has 0 spiro atoms. The monoisotopic (exact) mass is 675 g/mol. The molecule has 14 heteroatoms. The Kier molecular flexibility index (Phi) is 9.61. The number of nitrogens with zero attached hydrogens (tertiary/aromatic N) is 7. The van der Waals surface area contributed by atoms with Gasteiger partial charge in [0.15, 0.2) is 11.6 Å². The molecule has 1 saturated carbocycles. The molecular formula is C35H43F2N9O3. The Balaban J connectivity index is 1.08. The third-order valence-electron chi connectivity index (χ3n) is 9.93. The van der Waals surface area contributed by atoms with Crippen molar-refractivity contribution >= 4 is 34.7 Å². The number of ether oxygens (including phenoxy) is 1. The predicted molar refractivity (Wildman–Crippen MR) is 183 cm³/mol. The van der Waals surface area contributed by atoms with E-state index in [0.717, 1.165) is 57.7 Å². The van der Waals surface area contributed by atoms with Crippen LogP contribution in [0.4, 0.5) is 37.6 Å². The molecule has 3 aromatic rings. The van der Waals surface area contributed by atoms with E-state index >= 15 is 0 Å². The van der Waals surface area contributed by atoms with Crippen LogP contribution in [0.5, 0.6) is 5.88 Å². The summed E-state index contributed by atoms with van der Waals surface area (Å²) in [5.41, 5.74) is 1.43. The van der Waals surface area contributed by atoms with Crippen molar-refractivity contribution in [2.75, 3.05) is 67.0 Å². The van der Waals surface area contributed by atoms with Gasteiger partial charge in [0.2, 0.25) is 11.8 Å². The minimum atomic E-state index is -0.657. The van der Waals surface area contributed by atoms with Crippen LogP contribution in [0, 0.1) is 11.6 Å². The molecule has 4 aliphatic rings. The number of aromatic nitrogens is 3. The molecular weight excluding hydrogens is 632 g/mol. The largest absolute Gasteiger partial charge is 0.479 e. The molecule has 0 radical (unpaired) electrons. The van der Waals surface area contributed by atoms with E-state index in [2.05, 4.69) is 48.8 Å². The van der Waals surface area contributed by atoms with Gasteiger partial charge in [0, 0.05) is 69.4 Å². The number of piperazine rings is 1. The number of amides is 1. The van der Waals surface area contributed by atoms with E-state index in [0.29, 0.717) is 65.4 Å². The number of hydrogen-bond donors (Lipinski definition) is 2. The summed E-state index contributed by atoms with van der Waals surface area (Å²) < 4.78 is 33.8. The van der Waals surface area contributed by atoms with Gasteiger partial charge in [-0.05, 0) is 62.4 Å². The molecule has 7 rings (SSSR count). The van der Waals surface area contributed by atoms with Gasteiger partial charge in [0.25, 0.3) is 0 Å². The average molecular weight is 676 g/mol. The van der Waals surface area contributed by atoms with Crippen LogP contribution < -0.4 is 25.3 Å². The van der Waals surface area contributed by atoms with Crippen LogP contribution in [0.25, 0.3) is 0 Å². The number of anilines is 5. The lowest BCUT2D eigenvalue weighted by molar-refractivity contribution is -0.111. The molecule has 1 amide bonds. The number of hydrogen-bond acceptors (Lipinski definition) is 11. The lowest BCUT2D eigenvalue weighted by atomic mass is 10.0. The highest BCUT2D eigenvalue weighted by Gasteiger charge is 2.38. The van der Waals surface area contributed by atoms with Crippen LogP contribution in [0.2, 0.25) is 0 Å². The molecule has 0 bridgehead atoms. The van der Waals surface area contributed by atoms with Gasteiger partial charge in [-0.2, -0.15) is 4.98 Å². The molecule has 12 nitrogen and oxygen atoms in total. The van der Waals surface area contributed by atoms with Crippen molar-refractivity contribution in [3.8, 4) is 5.88 Å². The first-order valence-corrected chi connectivity index (χ1v) is 17.0. The molecule has 2 aromatic heterocycles. The zero-order valence-electron chi connectivity index (χ0n) is 27.9. The number of halogens is 2. The molecule has 2 atom stereocenters. The molecule has 1 aromatic carbocycles. The second-order valence-electron chi connectivity index (χ2n) is 13.2. The predicted octanol–water partition coefficient (Wildman–Crippen LogP) is 5.05. The Labute approximate surface area is 285 Å². The summed E-state index contributed by atoms with van der Waals surface area (Å²) in [6.45, 7) is 11.3. The van der Waals surface area contributed by atoms with Crippen LogP contribution in [0.3, 0.4) is 0 Å². The number of carbonyl (C=O) groups excluding carboxylic acids is 1. The fraction of sp³-hybridized carbons (Fsp3) is 0.486. The van der Waals surface area contributed by atoms with Crippen LogP contribution in [-0.4, -0.2) is 95.2 Å². The Bertz CT molecular complexity index is 1660. The Morgan fingerprint density at radius 2 is 1.76 bits per heavy atom. The molecule has 2 unspecified atom stereocenters. The Morgan fingerprint density at radius 3 is 2.45 bits per heavy atom. The van der Waals surface area contributed by atoms with Gasteiger partial charge in [0.1, 0.15) is 29.5 Å². The summed E-state index contributed by atoms with van der Waals surface area (Å²) in [6.07, 6.45) is 7.80. The zero-order chi connectivity index (χ0) is 34.1. The number of piperidine rings is 1. The van der Waals surface area contributed by atoms with Crippen molar-refractivity contribution in [2.45, 2.75) is 63.2 Å². The van der Waals surface area contributed by atoms with E-state index < -0.39 is 17.7 Å². The summed E-state index contributed by atoms with van der Waals surface area (Å²) in [5, 5.41) is 7.71. The molecule has 5 heterocycles. The number of nitrogens with one attached hydrogen (secondary N) is 2. The van der Waals surface area contributed by atoms with Gasteiger partial charge in [0.05, 0.1) is 25.4 Å². The van der Waals surface area contributed by atoms with Crippen LogP contribution in [0.15, 0.2) is 49.3 Å². The van der Waals surface area contributed by atoms with Crippen molar-refractivity contribution in [3.63, 3.8) is 0 Å². The molecule has 2 N–H and O–H groups in total. The number of methoxy groups -OCH3 is 1. The maximum absolute atomic E-state index is 14.0. The van der Waals surface area contributed by atoms with Crippen LogP contribution >= 0.6 is 0 Å². The van der Waals surface area contributed by atoms with Crippen molar-refractivity contribution in [1.82, 2.24) is 24.8 Å². The van der Waals surface area contributed by atoms with Gasteiger partial charge in [-0.15, -0.1) is 0 Å². The van der Waals surface area contributed by atoms with E-state index in [1.807, 2.05) is 0 Å².